The maximum absolute atomic E-state index is 12.9. The fourth-order valence-corrected chi connectivity index (χ4v) is 3.44. The maximum Gasteiger partial charge on any atom is 0.248 e. The van der Waals surface area contributed by atoms with Crippen LogP contribution in [0.15, 0.2) is 36.7 Å². The number of halogens is 1. The van der Waals surface area contributed by atoms with E-state index in [1.54, 1.807) is 10.9 Å². The van der Waals surface area contributed by atoms with Gasteiger partial charge in [-0.3, -0.25) is 9.48 Å². The molecule has 0 aliphatic carbocycles. The molecule has 2 aromatic rings. The van der Waals surface area contributed by atoms with E-state index in [1.807, 2.05) is 38.2 Å². The van der Waals surface area contributed by atoms with Crippen LogP contribution in [0.1, 0.15) is 24.0 Å². The molecular formula is C19H27ClN4O2. The highest BCUT2D eigenvalue weighted by atomic mass is 35.5. The Morgan fingerprint density at radius 2 is 1.96 bits per heavy atom. The van der Waals surface area contributed by atoms with Gasteiger partial charge < -0.3 is 15.4 Å². The molecule has 0 atom stereocenters. The molecule has 1 aromatic carbocycles. The molecular weight excluding hydrogens is 352 g/mol. The highest BCUT2D eigenvalue weighted by Crippen LogP contribution is 2.27. The highest BCUT2D eigenvalue weighted by molar-refractivity contribution is 5.85. The van der Waals surface area contributed by atoms with Crippen molar-refractivity contribution in [3.05, 3.63) is 47.8 Å². The molecule has 7 heteroatoms. The minimum Gasteiger partial charge on any atom is -0.492 e. The molecule has 0 spiro atoms. The van der Waals surface area contributed by atoms with Gasteiger partial charge in [0.1, 0.15) is 17.9 Å². The second kappa shape index (κ2) is 9.05. The summed E-state index contributed by atoms with van der Waals surface area (Å²) in [4.78, 5) is 12.9. The molecule has 1 aliphatic heterocycles. The molecule has 26 heavy (non-hydrogen) atoms. The van der Waals surface area contributed by atoms with Gasteiger partial charge in [0.2, 0.25) is 5.91 Å². The van der Waals surface area contributed by atoms with E-state index in [2.05, 4.69) is 21.8 Å². The molecule has 0 bridgehead atoms. The third kappa shape index (κ3) is 4.56. The highest BCUT2D eigenvalue weighted by Gasteiger charge is 2.41. The average molecular weight is 379 g/mol. The Hall–Kier alpha value is -2.05. The predicted molar refractivity (Wildman–Crippen MR) is 104 cm³/mol. The second-order valence-electron chi connectivity index (χ2n) is 6.66. The van der Waals surface area contributed by atoms with Crippen LogP contribution in [0.5, 0.6) is 5.75 Å². The molecule has 1 aliphatic rings. The largest absolute Gasteiger partial charge is 0.492 e. The van der Waals surface area contributed by atoms with Crippen molar-refractivity contribution in [2.45, 2.75) is 32.2 Å². The molecule has 1 aromatic heterocycles. The number of ether oxygens (including phenoxy) is 1. The van der Waals surface area contributed by atoms with Gasteiger partial charge in [0.05, 0.1) is 6.54 Å². The van der Waals surface area contributed by atoms with Crippen LogP contribution < -0.4 is 15.4 Å². The predicted octanol–water partition coefficient (Wildman–Crippen LogP) is 2.20. The first-order valence-corrected chi connectivity index (χ1v) is 8.80. The minimum absolute atomic E-state index is 0. The van der Waals surface area contributed by atoms with Crippen LogP contribution in [0.25, 0.3) is 0 Å². The Labute approximate surface area is 160 Å². The number of aromatic nitrogens is 2. The number of hydrogen-bond acceptors (Lipinski definition) is 4. The number of carbonyl (C=O) groups excluding carboxylic acids is 1. The van der Waals surface area contributed by atoms with E-state index in [0.29, 0.717) is 13.2 Å². The second-order valence-corrected chi connectivity index (χ2v) is 6.66. The number of hydrogen-bond donors (Lipinski definition) is 2. The van der Waals surface area contributed by atoms with E-state index < -0.39 is 5.54 Å². The van der Waals surface area contributed by atoms with Crippen molar-refractivity contribution >= 4 is 18.3 Å². The van der Waals surface area contributed by atoms with E-state index in [1.165, 1.54) is 11.1 Å². The van der Waals surface area contributed by atoms with E-state index in [9.17, 15) is 4.79 Å². The summed E-state index contributed by atoms with van der Waals surface area (Å²) < 4.78 is 7.58. The third-order valence-corrected chi connectivity index (χ3v) is 4.65. The summed E-state index contributed by atoms with van der Waals surface area (Å²) in [7, 11) is 0. The molecule has 3 rings (SSSR count). The van der Waals surface area contributed by atoms with Crippen molar-refractivity contribution in [2.24, 2.45) is 0 Å². The maximum atomic E-state index is 12.9. The van der Waals surface area contributed by atoms with Crippen molar-refractivity contribution in [1.82, 2.24) is 20.4 Å². The lowest BCUT2D eigenvalue weighted by Crippen LogP contribution is -2.55. The molecule has 142 valence electrons. The van der Waals surface area contributed by atoms with Crippen molar-refractivity contribution in [2.75, 3.05) is 26.2 Å². The van der Waals surface area contributed by atoms with Crippen LogP contribution in [0, 0.1) is 13.8 Å². The number of nitrogens with one attached hydrogen (secondary N) is 2. The van der Waals surface area contributed by atoms with Gasteiger partial charge in [0.15, 0.2) is 0 Å². The van der Waals surface area contributed by atoms with E-state index >= 15 is 0 Å². The van der Waals surface area contributed by atoms with Crippen LogP contribution in [0.3, 0.4) is 0 Å². The summed E-state index contributed by atoms with van der Waals surface area (Å²) in [6.45, 7) is 6.64. The van der Waals surface area contributed by atoms with E-state index in [-0.39, 0.29) is 18.3 Å². The minimum atomic E-state index is -0.603. The lowest BCUT2D eigenvalue weighted by molar-refractivity contribution is -0.132. The summed E-state index contributed by atoms with van der Waals surface area (Å²) in [5.41, 5.74) is 1.74. The van der Waals surface area contributed by atoms with Crippen LogP contribution in [-0.4, -0.2) is 41.9 Å². The van der Waals surface area contributed by atoms with Gasteiger partial charge in [-0.05, 0) is 69.1 Å². The fourth-order valence-electron chi connectivity index (χ4n) is 3.44. The lowest BCUT2D eigenvalue weighted by atomic mass is 9.87. The third-order valence-electron chi connectivity index (χ3n) is 4.65. The van der Waals surface area contributed by atoms with Gasteiger partial charge in [0, 0.05) is 12.4 Å². The monoisotopic (exact) mass is 378 g/mol. The summed E-state index contributed by atoms with van der Waals surface area (Å²) in [5, 5.41) is 10.7. The molecule has 1 amide bonds. The SMILES string of the molecule is Cc1cc(C)cc(OCCNC(=O)C2(n3cccn3)CCNCC2)c1.Cl. The summed E-state index contributed by atoms with van der Waals surface area (Å²) >= 11 is 0. The van der Waals surface area contributed by atoms with Crippen LogP contribution in [0.2, 0.25) is 0 Å². The van der Waals surface area contributed by atoms with E-state index in [0.717, 1.165) is 31.7 Å². The summed E-state index contributed by atoms with van der Waals surface area (Å²) in [5.74, 6) is 0.858. The first kappa shape index (κ1) is 20.3. The zero-order chi connectivity index (χ0) is 17.7. The van der Waals surface area contributed by atoms with E-state index in [4.69, 9.17) is 4.74 Å². The van der Waals surface area contributed by atoms with Crippen molar-refractivity contribution in [3.63, 3.8) is 0 Å². The molecule has 0 unspecified atom stereocenters. The van der Waals surface area contributed by atoms with Crippen molar-refractivity contribution in [1.29, 1.82) is 0 Å². The molecule has 1 saturated heterocycles. The van der Waals surface area contributed by atoms with Crippen LogP contribution in [-0.2, 0) is 10.3 Å². The van der Waals surface area contributed by atoms with Crippen molar-refractivity contribution in [3.8, 4) is 5.75 Å². The molecule has 2 heterocycles. The number of aryl methyl sites for hydroxylation is 2. The average Bonchev–Trinajstić information content (AvgIpc) is 3.13. The Kier molecular flexibility index (Phi) is 7.06. The molecule has 0 saturated carbocycles. The van der Waals surface area contributed by atoms with Gasteiger partial charge in [0.25, 0.3) is 0 Å². The molecule has 0 radical (unpaired) electrons. The molecule has 1 fully saturated rings. The number of amides is 1. The first-order valence-electron chi connectivity index (χ1n) is 8.80. The van der Waals surface area contributed by atoms with Gasteiger partial charge in [-0.25, -0.2) is 0 Å². The quantitative estimate of drug-likeness (QED) is 0.756. The topological polar surface area (TPSA) is 68.2 Å². The Balaban J connectivity index is 0.00000243. The van der Waals surface area contributed by atoms with Crippen LogP contribution >= 0.6 is 12.4 Å². The van der Waals surface area contributed by atoms with Gasteiger partial charge in [-0.15, -0.1) is 12.4 Å². The first-order chi connectivity index (χ1) is 12.1. The molecule has 2 N–H and O–H groups in total. The summed E-state index contributed by atoms with van der Waals surface area (Å²) in [6.07, 6.45) is 5.06. The van der Waals surface area contributed by atoms with Gasteiger partial charge in [-0.1, -0.05) is 6.07 Å². The van der Waals surface area contributed by atoms with Crippen molar-refractivity contribution < 1.29 is 9.53 Å². The number of benzene rings is 1. The Morgan fingerprint density at radius 1 is 1.27 bits per heavy atom. The lowest BCUT2D eigenvalue weighted by Gasteiger charge is -2.36. The zero-order valence-electron chi connectivity index (χ0n) is 15.3. The summed E-state index contributed by atoms with van der Waals surface area (Å²) in [6, 6.07) is 7.99. The number of rotatable bonds is 6. The zero-order valence-corrected chi connectivity index (χ0v) is 16.1. The Morgan fingerprint density at radius 3 is 2.58 bits per heavy atom. The smallest absolute Gasteiger partial charge is 0.248 e. The van der Waals surface area contributed by atoms with Gasteiger partial charge in [-0.2, -0.15) is 5.10 Å². The fraction of sp³-hybridized carbons (Fsp3) is 0.474. The number of carbonyl (C=O) groups is 1. The van der Waals surface area contributed by atoms with Gasteiger partial charge >= 0.3 is 0 Å². The number of piperidine rings is 1. The normalized spacial score (nSPS) is 15.8. The standard InChI is InChI=1S/C19H26N4O2.ClH/c1-15-12-16(2)14-17(13-15)25-11-9-21-18(24)19(4-7-20-8-5-19)23-10-3-6-22-23;/h3,6,10,12-14,20H,4-5,7-9,11H2,1-2H3,(H,21,24);1H. The molecule has 6 nitrogen and oxygen atoms in total. The Bertz CT molecular complexity index is 692. The van der Waals surface area contributed by atoms with Crippen LogP contribution in [0.4, 0.5) is 0 Å². The number of nitrogens with zero attached hydrogens (tertiary/aromatic N) is 2.